The molecule has 4 nitrogen and oxygen atoms in total. The summed E-state index contributed by atoms with van der Waals surface area (Å²) >= 11 is 0. The summed E-state index contributed by atoms with van der Waals surface area (Å²) in [5.74, 6) is -1.06. The summed E-state index contributed by atoms with van der Waals surface area (Å²) in [6.45, 7) is 2.03. The van der Waals surface area contributed by atoms with E-state index in [1.807, 2.05) is 6.92 Å². The van der Waals surface area contributed by atoms with Crippen LogP contribution in [0.15, 0.2) is 18.2 Å². The Morgan fingerprint density at radius 2 is 1.88 bits per heavy atom. The highest BCUT2D eigenvalue weighted by Gasteiger charge is 2.08. The van der Waals surface area contributed by atoms with Gasteiger partial charge < -0.3 is 15.3 Å². The van der Waals surface area contributed by atoms with Gasteiger partial charge >= 0.3 is 5.97 Å². The fourth-order valence-electron chi connectivity index (χ4n) is 1.54. The van der Waals surface area contributed by atoms with Crippen molar-refractivity contribution in [2.75, 3.05) is 0 Å². The fourth-order valence-corrected chi connectivity index (χ4v) is 1.54. The minimum Gasteiger partial charge on any atom is -0.508 e. The number of carbonyl (C=O) groups is 1. The van der Waals surface area contributed by atoms with Crippen LogP contribution in [0.3, 0.4) is 0 Å². The molecule has 4 heteroatoms. The molecule has 1 aromatic rings. The van der Waals surface area contributed by atoms with Crippen LogP contribution in [0.2, 0.25) is 0 Å². The van der Waals surface area contributed by atoms with Crippen molar-refractivity contribution in [3.8, 4) is 11.5 Å². The average Bonchev–Trinajstić information content (AvgIpc) is 2.25. The summed E-state index contributed by atoms with van der Waals surface area (Å²) in [6, 6.07) is 2.90. The zero-order valence-corrected chi connectivity index (χ0v) is 9.68. The lowest BCUT2D eigenvalue weighted by molar-refractivity contribution is -0.131. The molecule has 0 saturated carbocycles. The van der Waals surface area contributed by atoms with E-state index in [0.29, 0.717) is 17.5 Å². The van der Waals surface area contributed by atoms with Crippen LogP contribution in [0.5, 0.6) is 11.5 Å². The van der Waals surface area contributed by atoms with E-state index in [0.717, 1.165) is 18.9 Å². The zero-order valence-electron chi connectivity index (χ0n) is 9.68. The van der Waals surface area contributed by atoms with Gasteiger partial charge in [-0.25, -0.2) is 4.79 Å². The number of carboxylic acids is 1. The van der Waals surface area contributed by atoms with Crippen molar-refractivity contribution in [3.63, 3.8) is 0 Å². The second kappa shape index (κ2) is 5.94. The summed E-state index contributed by atoms with van der Waals surface area (Å²) in [4.78, 5) is 10.3. The molecule has 0 aliphatic heterocycles. The van der Waals surface area contributed by atoms with Crippen LogP contribution in [0.25, 0.3) is 6.08 Å². The molecule has 17 heavy (non-hydrogen) atoms. The molecular weight excluding hydrogens is 220 g/mol. The summed E-state index contributed by atoms with van der Waals surface area (Å²) in [6.07, 6.45) is 4.74. The normalized spacial score (nSPS) is 10.9. The van der Waals surface area contributed by atoms with E-state index in [-0.39, 0.29) is 11.5 Å². The third kappa shape index (κ3) is 3.83. The fraction of sp³-hybridized carbons (Fsp3) is 0.308. The van der Waals surface area contributed by atoms with Gasteiger partial charge in [-0.1, -0.05) is 13.3 Å². The summed E-state index contributed by atoms with van der Waals surface area (Å²) in [5.41, 5.74) is 0.974. The Labute approximate surface area is 99.8 Å². The Hall–Kier alpha value is -1.97. The quantitative estimate of drug-likeness (QED) is 0.686. The molecular formula is C13H16O4. The molecule has 0 aliphatic rings. The zero-order chi connectivity index (χ0) is 12.8. The number of rotatable bonds is 5. The monoisotopic (exact) mass is 236 g/mol. The number of aromatic hydroxyl groups is 2. The number of phenols is 2. The van der Waals surface area contributed by atoms with Gasteiger partial charge in [0.15, 0.2) is 0 Å². The number of carboxylic acid groups (broad SMARTS) is 1. The Morgan fingerprint density at radius 1 is 1.29 bits per heavy atom. The van der Waals surface area contributed by atoms with Gasteiger partial charge in [-0.2, -0.15) is 0 Å². The summed E-state index contributed by atoms with van der Waals surface area (Å²) < 4.78 is 0. The Kier molecular flexibility index (Phi) is 4.57. The number of aliphatic carboxylic acids is 1. The molecule has 0 unspecified atom stereocenters. The largest absolute Gasteiger partial charge is 0.508 e. The standard InChI is InChI=1S/C13H16O4/c1-2-3-4-10-11(14)7-9(8-12(10)15)5-6-13(16)17/h5-8,14-15H,2-4H2,1H3,(H,16,17). The van der Waals surface area contributed by atoms with Crippen LogP contribution < -0.4 is 0 Å². The van der Waals surface area contributed by atoms with E-state index in [4.69, 9.17) is 5.11 Å². The van der Waals surface area contributed by atoms with E-state index in [1.165, 1.54) is 18.2 Å². The molecule has 0 atom stereocenters. The van der Waals surface area contributed by atoms with Crippen LogP contribution in [-0.2, 0) is 11.2 Å². The molecule has 0 radical (unpaired) electrons. The molecule has 1 rings (SSSR count). The Morgan fingerprint density at radius 3 is 2.35 bits per heavy atom. The maximum Gasteiger partial charge on any atom is 0.328 e. The van der Waals surface area contributed by atoms with Gasteiger partial charge in [0.25, 0.3) is 0 Å². The van der Waals surface area contributed by atoms with Crippen LogP contribution in [0.4, 0.5) is 0 Å². The minimum atomic E-state index is -1.07. The SMILES string of the molecule is CCCCc1c(O)cc(C=CC(=O)O)cc1O. The number of hydrogen-bond acceptors (Lipinski definition) is 3. The Balaban J connectivity index is 2.96. The van der Waals surface area contributed by atoms with E-state index >= 15 is 0 Å². The summed E-state index contributed by atoms with van der Waals surface area (Å²) in [5, 5.41) is 27.9. The second-order valence-electron chi connectivity index (χ2n) is 3.81. The van der Waals surface area contributed by atoms with Crippen LogP contribution in [0.1, 0.15) is 30.9 Å². The molecule has 0 heterocycles. The van der Waals surface area contributed by atoms with Gasteiger partial charge in [0.2, 0.25) is 0 Å². The molecule has 92 valence electrons. The maximum atomic E-state index is 10.3. The van der Waals surface area contributed by atoms with Crippen LogP contribution in [-0.4, -0.2) is 21.3 Å². The second-order valence-corrected chi connectivity index (χ2v) is 3.81. The molecule has 1 aromatic carbocycles. The highest BCUT2D eigenvalue weighted by Crippen LogP contribution is 2.30. The van der Waals surface area contributed by atoms with E-state index < -0.39 is 5.97 Å². The lowest BCUT2D eigenvalue weighted by Crippen LogP contribution is -1.89. The average molecular weight is 236 g/mol. The first-order valence-corrected chi connectivity index (χ1v) is 5.50. The molecule has 0 bridgehead atoms. The van der Waals surface area contributed by atoms with Crippen LogP contribution >= 0.6 is 0 Å². The van der Waals surface area contributed by atoms with Crippen molar-refractivity contribution < 1.29 is 20.1 Å². The maximum absolute atomic E-state index is 10.3. The summed E-state index contributed by atoms with van der Waals surface area (Å²) in [7, 11) is 0. The highest BCUT2D eigenvalue weighted by molar-refractivity contribution is 5.85. The molecule has 0 aromatic heterocycles. The lowest BCUT2D eigenvalue weighted by Gasteiger charge is -2.07. The van der Waals surface area contributed by atoms with Crippen molar-refractivity contribution >= 4 is 12.0 Å². The van der Waals surface area contributed by atoms with Crippen molar-refractivity contribution in [1.82, 2.24) is 0 Å². The van der Waals surface area contributed by atoms with Crippen molar-refractivity contribution in [2.24, 2.45) is 0 Å². The number of hydrogen-bond donors (Lipinski definition) is 3. The number of unbranched alkanes of at least 4 members (excludes halogenated alkanes) is 1. The molecule has 0 amide bonds. The molecule has 0 spiro atoms. The van der Waals surface area contributed by atoms with E-state index in [2.05, 4.69) is 0 Å². The third-order valence-corrected chi connectivity index (χ3v) is 2.42. The predicted octanol–water partition coefficient (Wildman–Crippen LogP) is 2.54. The van der Waals surface area contributed by atoms with Crippen LogP contribution in [0, 0.1) is 0 Å². The van der Waals surface area contributed by atoms with Gasteiger partial charge in [-0.05, 0) is 36.6 Å². The van der Waals surface area contributed by atoms with Crippen molar-refractivity contribution in [1.29, 1.82) is 0 Å². The van der Waals surface area contributed by atoms with Crippen molar-refractivity contribution in [2.45, 2.75) is 26.2 Å². The van der Waals surface area contributed by atoms with Gasteiger partial charge in [-0.3, -0.25) is 0 Å². The molecule has 0 saturated heterocycles. The molecule has 3 N–H and O–H groups in total. The number of benzene rings is 1. The van der Waals surface area contributed by atoms with Gasteiger partial charge in [-0.15, -0.1) is 0 Å². The topological polar surface area (TPSA) is 77.8 Å². The molecule has 0 aliphatic carbocycles. The first-order chi connectivity index (χ1) is 8.04. The first-order valence-electron chi connectivity index (χ1n) is 5.50. The third-order valence-electron chi connectivity index (χ3n) is 2.42. The minimum absolute atomic E-state index is 0.00323. The number of phenolic OH excluding ortho intramolecular Hbond substituents is 2. The van der Waals surface area contributed by atoms with Gasteiger partial charge in [0, 0.05) is 11.6 Å². The Bertz CT molecular complexity index is 412. The predicted molar refractivity (Wildman–Crippen MR) is 65.1 cm³/mol. The van der Waals surface area contributed by atoms with E-state index in [9.17, 15) is 15.0 Å². The lowest BCUT2D eigenvalue weighted by atomic mass is 10.0. The van der Waals surface area contributed by atoms with Gasteiger partial charge in [0.05, 0.1) is 0 Å². The van der Waals surface area contributed by atoms with Crippen molar-refractivity contribution in [3.05, 3.63) is 29.3 Å². The highest BCUT2D eigenvalue weighted by atomic mass is 16.4. The smallest absolute Gasteiger partial charge is 0.328 e. The first kappa shape index (κ1) is 13.1. The molecule has 0 fully saturated rings. The van der Waals surface area contributed by atoms with E-state index in [1.54, 1.807) is 0 Å². The van der Waals surface area contributed by atoms with Gasteiger partial charge in [0.1, 0.15) is 11.5 Å².